The van der Waals surface area contributed by atoms with Gasteiger partial charge in [0, 0.05) is 25.6 Å². The molecule has 1 fully saturated rings. The average Bonchev–Trinajstić information content (AvgIpc) is 2.85. The third-order valence-corrected chi connectivity index (χ3v) is 4.49. The average molecular weight is 258 g/mol. The predicted molar refractivity (Wildman–Crippen MR) is 75.7 cm³/mol. The first-order valence-electron chi connectivity index (χ1n) is 7.32. The highest BCUT2D eigenvalue weighted by Gasteiger charge is 2.27. The molecular weight excluding hydrogens is 236 g/mol. The molecule has 1 heterocycles. The van der Waals surface area contributed by atoms with Crippen LogP contribution in [0.3, 0.4) is 0 Å². The summed E-state index contributed by atoms with van der Waals surface area (Å²) in [7, 11) is 0. The quantitative estimate of drug-likeness (QED) is 0.878. The number of carbonyl (C=O) groups excluding carboxylic acids is 1. The van der Waals surface area contributed by atoms with Crippen LogP contribution in [0, 0.1) is 5.92 Å². The Morgan fingerprint density at radius 1 is 1.26 bits per heavy atom. The summed E-state index contributed by atoms with van der Waals surface area (Å²) in [4.78, 5) is 14.2. The molecule has 3 heteroatoms. The van der Waals surface area contributed by atoms with Gasteiger partial charge in [0.25, 0.3) is 0 Å². The highest BCUT2D eigenvalue weighted by Crippen LogP contribution is 2.28. The van der Waals surface area contributed by atoms with Gasteiger partial charge in [-0.25, -0.2) is 0 Å². The molecule has 2 N–H and O–H groups in total. The highest BCUT2D eigenvalue weighted by atomic mass is 16.2. The van der Waals surface area contributed by atoms with E-state index in [1.165, 1.54) is 11.1 Å². The minimum atomic E-state index is 0.191. The first kappa shape index (κ1) is 12.7. The Morgan fingerprint density at radius 3 is 2.79 bits per heavy atom. The first-order chi connectivity index (χ1) is 9.22. The van der Waals surface area contributed by atoms with Crippen LogP contribution in [0.1, 0.15) is 30.4 Å². The van der Waals surface area contributed by atoms with Crippen molar-refractivity contribution in [3.05, 3.63) is 35.4 Å². The second kappa shape index (κ2) is 5.33. The summed E-state index contributed by atoms with van der Waals surface area (Å²) in [5, 5.41) is 0. The number of hydrogen-bond acceptors (Lipinski definition) is 2. The van der Waals surface area contributed by atoms with Gasteiger partial charge in [-0.05, 0) is 42.7 Å². The number of hydrogen-bond donors (Lipinski definition) is 1. The van der Waals surface area contributed by atoms with Crippen LogP contribution in [-0.2, 0) is 17.6 Å². The summed E-state index contributed by atoms with van der Waals surface area (Å²) in [6.07, 6.45) is 4.97. The monoisotopic (exact) mass is 258 g/mol. The fourth-order valence-corrected chi connectivity index (χ4v) is 3.34. The molecule has 0 bridgehead atoms. The van der Waals surface area contributed by atoms with Crippen molar-refractivity contribution in [3.8, 4) is 0 Å². The minimum Gasteiger partial charge on any atom is -0.341 e. The van der Waals surface area contributed by atoms with Crippen LogP contribution in [0.5, 0.6) is 0 Å². The number of nitrogens with zero attached hydrogens (tertiary/aromatic N) is 1. The van der Waals surface area contributed by atoms with E-state index in [2.05, 4.69) is 24.3 Å². The van der Waals surface area contributed by atoms with E-state index in [4.69, 9.17) is 5.73 Å². The topological polar surface area (TPSA) is 46.3 Å². The van der Waals surface area contributed by atoms with E-state index in [0.29, 0.717) is 18.2 Å². The van der Waals surface area contributed by atoms with Crippen LogP contribution in [0.2, 0.25) is 0 Å². The van der Waals surface area contributed by atoms with Crippen LogP contribution in [-0.4, -0.2) is 29.9 Å². The molecule has 3 rings (SSSR count). The number of benzene rings is 1. The van der Waals surface area contributed by atoms with Crippen LogP contribution < -0.4 is 5.73 Å². The Bertz CT molecular complexity index is 472. The maximum absolute atomic E-state index is 12.2. The number of amides is 1. The number of carbonyl (C=O) groups is 1. The molecule has 3 nitrogen and oxygen atoms in total. The molecule has 1 unspecified atom stereocenters. The number of fused-ring (bicyclic) bond motifs is 1. The Morgan fingerprint density at radius 2 is 2.05 bits per heavy atom. The van der Waals surface area contributed by atoms with E-state index in [-0.39, 0.29) is 6.04 Å². The molecule has 1 aromatic rings. The molecule has 1 aliphatic heterocycles. The highest BCUT2D eigenvalue weighted by molar-refractivity contribution is 5.76. The van der Waals surface area contributed by atoms with E-state index in [9.17, 15) is 4.79 Å². The summed E-state index contributed by atoms with van der Waals surface area (Å²) in [6, 6.07) is 8.82. The van der Waals surface area contributed by atoms with Crippen molar-refractivity contribution >= 4 is 5.91 Å². The van der Waals surface area contributed by atoms with E-state index in [1.807, 2.05) is 4.90 Å². The van der Waals surface area contributed by atoms with Crippen molar-refractivity contribution in [1.29, 1.82) is 0 Å². The van der Waals surface area contributed by atoms with Gasteiger partial charge >= 0.3 is 0 Å². The van der Waals surface area contributed by atoms with Gasteiger partial charge in [-0.2, -0.15) is 0 Å². The van der Waals surface area contributed by atoms with Crippen molar-refractivity contribution in [2.24, 2.45) is 11.7 Å². The maximum Gasteiger partial charge on any atom is 0.222 e. The van der Waals surface area contributed by atoms with Gasteiger partial charge in [0.15, 0.2) is 0 Å². The standard InChI is InChI=1S/C16H22N2O/c17-15-7-8-18(11-15)16(19)10-12-5-6-13-3-1-2-4-14(13)9-12/h1-4,12,15H,5-11,17H2/t12?,15-/m1/s1. The van der Waals surface area contributed by atoms with Gasteiger partial charge in [0.1, 0.15) is 0 Å². The number of aryl methyl sites for hydroxylation is 1. The molecule has 19 heavy (non-hydrogen) atoms. The van der Waals surface area contributed by atoms with Crippen molar-refractivity contribution in [2.75, 3.05) is 13.1 Å². The zero-order valence-electron chi connectivity index (χ0n) is 11.3. The number of rotatable bonds is 2. The summed E-state index contributed by atoms with van der Waals surface area (Å²) in [6.45, 7) is 1.60. The van der Waals surface area contributed by atoms with Gasteiger partial charge in [-0.3, -0.25) is 4.79 Å². The molecule has 2 atom stereocenters. The fraction of sp³-hybridized carbons (Fsp3) is 0.562. The molecule has 0 spiro atoms. The van der Waals surface area contributed by atoms with Crippen LogP contribution in [0.4, 0.5) is 0 Å². The second-order valence-corrected chi connectivity index (χ2v) is 5.97. The van der Waals surface area contributed by atoms with Crippen LogP contribution in [0.25, 0.3) is 0 Å². The van der Waals surface area contributed by atoms with Gasteiger partial charge in [0.05, 0.1) is 0 Å². The lowest BCUT2D eigenvalue weighted by molar-refractivity contribution is -0.131. The molecular formula is C16H22N2O. The van der Waals surface area contributed by atoms with Crippen molar-refractivity contribution in [3.63, 3.8) is 0 Å². The molecule has 2 aliphatic rings. The van der Waals surface area contributed by atoms with Gasteiger partial charge < -0.3 is 10.6 Å². The molecule has 1 aliphatic carbocycles. The van der Waals surface area contributed by atoms with Gasteiger partial charge in [-0.15, -0.1) is 0 Å². The van der Waals surface area contributed by atoms with Gasteiger partial charge in [0.2, 0.25) is 5.91 Å². The predicted octanol–water partition coefficient (Wildman–Crippen LogP) is 1.74. The third-order valence-electron chi connectivity index (χ3n) is 4.49. The Labute approximate surface area is 114 Å². The lowest BCUT2D eigenvalue weighted by Gasteiger charge is -2.26. The molecule has 0 saturated carbocycles. The van der Waals surface area contributed by atoms with E-state index < -0.39 is 0 Å². The van der Waals surface area contributed by atoms with E-state index in [1.54, 1.807) is 0 Å². The minimum absolute atomic E-state index is 0.191. The number of likely N-dealkylation sites (tertiary alicyclic amines) is 1. The van der Waals surface area contributed by atoms with Crippen LogP contribution in [0.15, 0.2) is 24.3 Å². The zero-order chi connectivity index (χ0) is 13.2. The molecule has 1 aromatic carbocycles. The first-order valence-corrected chi connectivity index (χ1v) is 7.32. The van der Waals surface area contributed by atoms with Crippen molar-refractivity contribution < 1.29 is 4.79 Å². The lowest BCUT2D eigenvalue weighted by atomic mass is 9.82. The third kappa shape index (κ3) is 2.81. The van der Waals surface area contributed by atoms with E-state index in [0.717, 1.165) is 38.8 Å². The zero-order valence-corrected chi connectivity index (χ0v) is 11.3. The lowest BCUT2D eigenvalue weighted by Crippen LogP contribution is -2.33. The SMILES string of the molecule is N[C@@H]1CCN(C(=O)CC2CCc3ccccc3C2)C1. The summed E-state index contributed by atoms with van der Waals surface area (Å²) < 4.78 is 0. The molecule has 0 radical (unpaired) electrons. The Balaban J connectivity index is 1.58. The largest absolute Gasteiger partial charge is 0.341 e. The summed E-state index contributed by atoms with van der Waals surface area (Å²) in [5.74, 6) is 0.816. The van der Waals surface area contributed by atoms with Gasteiger partial charge in [-0.1, -0.05) is 24.3 Å². The van der Waals surface area contributed by atoms with E-state index >= 15 is 0 Å². The van der Waals surface area contributed by atoms with Crippen LogP contribution >= 0.6 is 0 Å². The molecule has 102 valence electrons. The maximum atomic E-state index is 12.2. The molecule has 1 saturated heterocycles. The summed E-state index contributed by atoms with van der Waals surface area (Å²) in [5.41, 5.74) is 8.77. The smallest absolute Gasteiger partial charge is 0.222 e. The number of nitrogens with two attached hydrogens (primary N) is 1. The van der Waals surface area contributed by atoms with Crippen molar-refractivity contribution in [2.45, 2.75) is 38.1 Å². The Hall–Kier alpha value is -1.35. The normalized spacial score (nSPS) is 26.3. The molecule has 0 aromatic heterocycles. The van der Waals surface area contributed by atoms with Crippen molar-refractivity contribution in [1.82, 2.24) is 4.90 Å². The second-order valence-electron chi connectivity index (χ2n) is 5.97. The Kier molecular flexibility index (Phi) is 3.56. The fourth-order valence-electron chi connectivity index (χ4n) is 3.34. The summed E-state index contributed by atoms with van der Waals surface area (Å²) >= 11 is 0. The molecule has 1 amide bonds.